The van der Waals surface area contributed by atoms with E-state index in [1.165, 1.54) is 23.1 Å². The molecule has 0 radical (unpaired) electrons. The van der Waals surface area contributed by atoms with Gasteiger partial charge >= 0.3 is 0 Å². The SMILES string of the molecule is C#CC1CCC2=CC(C)=C(C=C(C)C)CC21C. The maximum absolute atomic E-state index is 5.70. The molecule has 0 amide bonds. The summed E-state index contributed by atoms with van der Waals surface area (Å²) in [6.45, 7) is 8.90. The van der Waals surface area contributed by atoms with Gasteiger partial charge in [-0.25, -0.2) is 0 Å². The molecule has 1 saturated carbocycles. The predicted octanol–water partition coefficient (Wildman–Crippen LogP) is 4.65. The van der Waals surface area contributed by atoms with Crippen molar-refractivity contribution < 1.29 is 0 Å². The van der Waals surface area contributed by atoms with Crippen molar-refractivity contribution in [1.29, 1.82) is 0 Å². The Kier molecular flexibility index (Phi) is 3.04. The summed E-state index contributed by atoms with van der Waals surface area (Å²) in [6, 6.07) is 0. The van der Waals surface area contributed by atoms with Crippen LogP contribution < -0.4 is 0 Å². The van der Waals surface area contributed by atoms with Crippen LogP contribution in [-0.2, 0) is 0 Å². The number of allylic oxidation sites excluding steroid dienone is 6. The summed E-state index contributed by atoms with van der Waals surface area (Å²) < 4.78 is 0. The van der Waals surface area contributed by atoms with Gasteiger partial charge in [-0.05, 0) is 51.2 Å². The fraction of sp³-hybridized carbons (Fsp3) is 0.529. The molecule has 0 N–H and O–H groups in total. The maximum Gasteiger partial charge on any atom is 0.0297 e. The molecule has 2 aliphatic carbocycles. The first kappa shape index (κ1) is 12.2. The summed E-state index contributed by atoms with van der Waals surface area (Å²) >= 11 is 0. The molecule has 0 aliphatic heterocycles. The van der Waals surface area contributed by atoms with Crippen LogP contribution in [0.25, 0.3) is 0 Å². The number of rotatable bonds is 1. The molecule has 17 heavy (non-hydrogen) atoms. The van der Waals surface area contributed by atoms with Crippen molar-refractivity contribution >= 4 is 0 Å². The van der Waals surface area contributed by atoms with Gasteiger partial charge in [0.2, 0.25) is 0 Å². The molecular formula is C17H22. The van der Waals surface area contributed by atoms with Crippen molar-refractivity contribution in [3.8, 4) is 12.3 Å². The first-order valence-electron chi connectivity index (χ1n) is 6.49. The number of fused-ring (bicyclic) bond motifs is 1. The molecule has 0 nitrogen and oxygen atoms in total. The Balaban J connectivity index is 2.41. The Labute approximate surface area is 105 Å². The van der Waals surface area contributed by atoms with E-state index in [4.69, 9.17) is 6.42 Å². The lowest BCUT2D eigenvalue weighted by molar-refractivity contribution is 0.333. The summed E-state index contributed by atoms with van der Waals surface area (Å²) in [4.78, 5) is 0. The van der Waals surface area contributed by atoms with Gasteiger partial charge < -0.3 is 0 Å². The van der Waals surface area contributed by atoms with Crippen LogP contribution in [0, 0.1) is 23.7 Å². The zero-order valence-corrected chi connectivity index (χ0v) is 11.4. The lowest BCUT2D eigenvalue weighted by Crippen LogP contribution is -2.25. The molecule has 0 bridgehead atoms. The molecule has 0 saturated heterocycles. The molecule has 0 heterocycles. The van der Waals surface area contributed by atoms with Crippen LogP contribution in [0.5, 0.6) is 0 Å². The molecule has 0 aromatic heterocycles. The number of hydrogen-bond acceptors (Lipinski definition) is 0. The van der Waals surface area contributed by atoms with Crippen LogP contribution >= 0.6 is 0 Å². The van der Waals surface area contributed by atoms with Crippen molar-refractivity contribution in [3.63, 3.8) is 0 Å². The van der Waals surface area contributed by atoms with Gasteiger partial charge in [0.1, 0.15) is 0 Å². The Morgan fingerprint density at radius 3 is 2.82 bits per heavy atom. The Morgan fingerprint density at radius 1 is 1.53 bits per heavy atom. The van der Waals surface area contributed by atoms with Crippen LogP contribution in [0.4, 0.5) is 0 Å². The van der Waals surface area contributed by atoms with Crippen LogP contribution in [-0.4, -0.2) is 0 Å². The number of terminal acetylenes is 1. The summed E-state index contributed by atoms with van der Waals surface area (Å²) in [5.41, 5.74) is 6.06. The molecule has 0 aromatic rings. The third-order valence-corrected chi connectivity index (χ3v) is 4.32. The van der Waals surface area contributed by atoms with Crippen molar-refractivity contribution in [3.05, 3.63) is 34.4 Å². The third-order valence-electron chi connectivity index (χ3n) is 4.32. The fourth-order valence-corrected chi connectivity index (χ4v) is 3.27. The molecule has 0 aromatic carbocycles. The first-order chi connectivity index (χ1) is 7.97. The molecule has 2 unspecified atom stereocenters. The average Bonchev–Trinajstić information content (AvgIpc) is 2.54. The topological polar surface area (TPSA) is 0 Å². The molecule has 1 fully saturated rings. The zero-order chi connectivity index (χ0) is 12.6. The quantitative estimate of drug-likeness (QED) is 0.571. The summed E-state index contributed by atoms with van der Waals surface area (Å²) in [6.07, 6.45) is 13.9. The lowest BCUT2D eigenvalue weighted by Gasteiger charge is -2.35. The van der Waals surface area contributed by atoms with Gasteiger partial charge in [-0.3, -0.25) is 0 Å². The summed E-state index contributed by atoms with van der Waals surface area (Å²) in [5.74, 6) is 3.43. The predicted molar refractivity (Wildman–Crippen MR) is 74.5 cm³/mol. The van der Waals surface area contributed by atoms with E-state index in [1.54, 1.807) is 5.57 Å². The van der Waals surface area contributed by atoms with Crippen molar-refractivity contribution in [2.45, 2.75) is 47.0 Å². The molecule has 2 atom stereocenters. The molecular weight excluding hydrogens is 204 g/mol. The van der Waals surface area contributed by atoms with Crippen molar-refractivity contribution in [1.82, 2.24) is 0 Å². The minimum Gasteiger partial charge on any atom is -0.120 e. The highest BCUT2D eigenvalue weighted by atomic mass is 14.5. The second-order valence-electron chi connectivity index (χ2n) is 5.95. The van der Waals surface area contributed by atoms with Gasteiger partial charge in [0.25, 0.3) is 0 Å². The van der Waals surface area contributed by atoms with Crippen LogP contribution in [0.15, 0.2) is 34.4 Å². The van der Waals surface area contributed by atoms with Gasteiger partial charge in [0, 0.05) is 11.3 Å². The monoisotopic (exact) mass is 226 g/mol. The van der Waals surface area contributed by atoms with E-state index in [0.29, 0.717) is 5.92 Å². The second kappa shape index (κ2) is 4.22. The molecule has 90 valence electrons. The molecule has 0 spiro atoms. The largest absolute Gasteiger partial charge is 0.120 e. The van der Waals surface area contributed by atoms with Gasteiger partial charge in [0.15, 0.2) is 0 Å². The van der Waals surface area contributed by atoms with E-state index in [0.717, 1.165) is 12.8 Å². The maximum atomic E-state index is 5.70. The smallest absolute Gasteiger partial charge is 0.0297 e. The highest BCUT2D eigenvalue weighted by molar-refractivity contribution is 5.45. The van der Waals surface area contributed by atoms with Crippen molar-refractivity contribution in [2.24, 2.45) is 11.3 Å². The zero-order valence-electron chi connectivity index (χ0n) is 11.4. The van der Waals surface area contributed by atoms with Crippen LogP contribution in [0.1, 0.15) is 47.0 Å². The average molecular weight is 226 g/mol. The highest BCUT2D eigenvalue weighted by Gasteiger charge is 2.43. The van der Waals surface area contributed by atoms with E-state index < -0.39 is 0 Å². The molecule has 2 aliphatic rings. The Hall–Kier alpha value is -1.22. The van der Waals surface area contributed by atoms with E-state index >= 15 is 0 Å². The van der Waals surface area contributed by atoms with Gasteiger partial charge in [-0.1, -0.05) is 30.2 Å². The Morgan fingerprint density at radius 2 is 2.24 bits per heavy atom. The summed E-state index contributed by atoms with van der Waals surface area (Å²) in [5, 5.41) is 0. The van der Waals surface area contributed by atoms with E-state index in [2.05, 4.69) is 45.8 Å². The normalized spacial score (nSPS) is 31.7. The molecule has 2 rings (SSSR count). The minimum atomic E-state index is 0.218. The second-order valence-corrected chi connectivity index (χ2v) is 5.95. The van der Waals surface area contributed by atoms with E-state index in [-0.39, 0.29) is 5.41 Å². The fourth-order valence-electron chi connectivity index (χ4n) is 3.27. The molecule has 0 heteroatoms. The van der Waals surface area contributed by atoms with Gasteiger partial charge in [0.05, 0.1) is 0 Å². The summed E-state index contributed by atoms with van der Waals surface area (Å²) in [7, 11) is 0. The third kappa shape index (κ3) is 2.00. The van der Waals surface area contributed by atoms with E-state index in [9.17, 15) is 0 Å². The lowest BCUT2D eigenvalue weighted by atomic mass is 9.69. The van der Waals surface area contributed by atoms with Crippen molar-refractivity contribution in [2.75, 3.05) is 0 Å². The minimum absolute atomic E-state index is 0.218. The Bertz CT molecular complexity index is 461. The first-order valence-corrected chi connectivity index (χ1v) is 6.49. The van der Waals surface area contributed by atoms with Gasteiger partial charge in [-0.2, -0.15) is 0 Å². The number of hydrogen-bond donors (Lipinski definition) is 0. The van der Waals surface area contributed by atoms with Crippen LogP contribution in [0.3, 0.4) is 0 Å². The van der Waals surface area contributed by atoms with E-state index in [1.807, 2.05) is 0 Å². The standard InChI is InChI=1S/C17H22/c1-6-15-7-8-16-10-13(4)14(9-12(2)3)11-17(15,16)5/h1,9-10,15H,7-8,11H2,2-5H3. The van der Waals surface area contributed by atoms with Gasteiger partial charge in [-0.15, -0.1) is 12.3 Å². The van der Waals surface area contributed by atoms with Crippen LogP contribution in [0.2, 0.25) is 0 Å². The highest BCUT2D eigenvalue weighted by Crippen LogP contribution is 2.53.